The molecule has 1 N–H and O–H groups in total. The Hall–Kier alpha value is -1.32. The SMILES string of the molecule is c1cc2c(s1)CCN(c1ccc(CNC3CC3)cc1)C2. The summed E-state index contributed by atoms with van der Waals surface area (Å²) in [7, 11) is 0. The van der Waals surface area contributed by atoms with E-state index in [1.807, 2.05) is 11.3 Å². The van der Waals surface area contributed by atoms with E-state index in [0.29, 0.717) is 0 Å². The van der Waals surface area contributed by atoms with Gasteiger partial charge in [0, 0.05) is 36.2 Å². The molecule has 3 heteroatoms. The molecular formula is C17H20N2S. The minimum absolute atomic E-state index is 0.786. The summed E-state index contributed by atoms with van der Waals surface area (Å²) in [5, 5.41) is 5.79. The summed E-state index contributed by atoms with van der Waals surface area (Å²) in [4.78, 5) is 4.07. The summed E-state index contributed by atoms with van der Waals surface area (Å²) >= 11 is 1.91. The minimum Gasteiger partial charge on any atom is -0.367 e. The molecular weight excluding hydrogens is 264 g/mol. The Balaban J connectivity index is 1.43. The number of rotatable bonds is 4. The molecule has 104 valence electrons. The zero-order chi connectivity index (χ0) is 13.4. The standard InChI is InChI=1S/C17H20N2S/c1-5-16(6-2-13(1)11-18-15-3-4-15)19-9-7-17-14(12-19)8-10-20-17/h1-2,5-6,8,10,15,18H,3-4,7,9,11-12H2. The molecule has 20 heavy (non-hydrogen) atoms. The molecule has 0 radical (unpaired) electrons. The summed E-state index contributed by atoms with van der Waals surface area (Å²) in [6.45, 7) is 3.23. The van der Waals surface area contributed by atoms with Crippen molar-refractivity contribution in [2.24, 2.45) is 0 Å². The average Bonchev–Trinajstić information content (AvgIpc) is 3.21. The number of benzene rings is 1. The topological polar surface area (TPSA) is 15.3 Å². The normalized spacial score (nSPS) is 18.1. The smallest absolute Gasteiger partial charge is 0.0440 e. The van der Waals surface area contributed by atoms with Crippen LogP contribution >= 0.6 is 11.3 Å². The number of hydrogen-bond acceptors (Lipinski definition) is 3. The maximum atomic E-state index is 3.57. The number of fused-ring (bicyclic) bond motifs is 1. The van der Waals surface area contributed by atoms with Gasteiger partial charge in [-0.3, -0.25) is 0 Å². The summed E-state index contributed by atoms with van der Waals surface area (Å²) in [5.41, 5.74) is 4.27. The van der Waals surface area contributed by atoms with Gasteiger partial charge in [-0.25, -0.2) is 0 Å². The molecule has 0 atom stereocenters. The van der Waals surface area contributed by atoms with Gasteiger partial charge in [-0.1, -0.05) is 12.1 Å². The van der Waals surface area contributed by atoms with Gasteiger partial charge in [0.05, 0.1) is 0 Å². The predicted molar refractivity (Wildman–Crippen MR) is 85.4 cm³/mol. The number of thiophene rings is 1. The zero-order valence-electron chi connectivity index (χ0n) is 11.6. The van der Waals surface area contributed by atoms with Crippen molar-refractivity contribution in [2.45, 2.75) is 38.4 Å². The van der Waals surface area contributed by atoms with Crippen LogP contribution in [0, 0.1) is 0 Å². The number of nitrogens with one attached hydrogen (secondary N) is 1. The lowest BCUT2D eigenvalue weighted by molar-refractivity contribution is 0.687. The van der Waals surface area contributed by atoms with Crippen LogP contribution in [0.25, 0.3) is 0 Å². The first-order chi connectivity index (χ1) is 9.88. The van der Waals surface area contributed by atoms with Crippen LogP contribution in [0.3, 0.4) is 0 Å². The highest BCUT2D eigenvalue weighted by molar-refractivity contribution is 7.10. The second-order valence-corrected chi connectivity index (χ2v) is 6.86. The van der Waals surface area contributed by atoms with Gasteiger partial charge in [0.2, 0.25) is 0 Å². The first kappa shape index (κ1) is 12.4. The molecule has 2 aliphatic rings. The van der Waals surface area contributed by atoms with Gasteiger partial charge < -0.3 is 10.2 Å². The van der Waals surface area contributed by atoms with Gasteiger partial charge in [0.25, 0.3) is 0 Å². The van der Waals surface area contributed by atoms with E-state index in [1.165, 1.54) is 36.1 Å². The Labute approximate surface area is 124 Å². The third-order valence-corrected chi connectivity index (χ3v) is 5.30. The molecule has 1 fully saturated rings. The van der Waals surface area contributed by atoms with Crippen molar-refractivity contribution in [3.8, 4) is 0 Å². The van der Waals surface area contributed by atoms with Gasteiger partial charge in [0.15, 0.2) is 0 Å². The Morgan fingerprint density at radius 2 is 2.00 bits per heavy atom. The summed E-state index contributed by atoms with van der Waals surface area (Å²) < 4.78 is 0. The van der Waals surface area contributed by atoms with Gasteiger partial charge >= 0.3 is 0 Å². The first-order valence-corrected chi connectivity index (χ1v) is 8.39. The van der Waals surface area contributed by atoms with Crippen LogP contribution in [0.4, 0.5) is 5.69 Å². The van der Waals surface area contributed by atoms with Crippen LogP contribution in [0.5, 0.6) is 0 Å². The van der Waals surface area contributed by atoms with E-state index >= 15 is 0 Å². The second-order valence-electron chi connectivity index (χ2n) is 5.86. The van der Waals surface area contributed by atoms with E-state index in [4.69, 9.17) is 0 Å². The van der Waals surface area contributed by atoms with E-state index in [0.717, 1.165) is 25.7 Å². The fraction of sp³-hybridized carbons (Fsp3) is 0.412. The van der Waals surface area contributed by atoms with E-state index in [-0.39, 0.29) is 0 Å². The summed E-state index contributed by atoms with van der Waals surface area (Å²) in [5.74, 6) is 0. The fourth-order valence-electron chi connectivity index (χ4n) is 2.84. The molecule has 0 saturated heterocycles. The molecule has 1 aromatic carbocycles. The van der Waals surface area contributed by atoms with Gasteiger partial charge in [-0.05, 0) is 54.0 Å². The van der Waals surface area contributed by atoms with Crippen molar-refractivity contribution in [1.82, 2.24) is 5.32 Å². The zero-order valence-corrected chi connectivity index (χ0v) is 12.5. The lowest BCUT2D eigenvalue weighted by atomic mass is 10.1. The van der Waals surface area contributed by atoms with Gasteiger partial charge in [0.1, 0.15) is 0 Å². The van der Waals surface area contributed by atoms with Crippen LogP contribution in [-0.2, 0) is 19.5 Å². The lowest BCUT2D eigenvalue weighted by Gasteiger charge is -2.29. The molecule has 0 unspecified atom stereocenters. The Morgan fingerprint density at radius 1 is 1.15 bits per heavy atom. The van der Waals surface area contributed by atoms with Crippen molar-refractivity contribution in [3.05, 3.63) is 51.7 Å². The third-order valence-electron chi connectivity index (χ3n) is 4.28. The van der Waals surface area contributed by atoms with Crippen LogP contribution in [-0.4, -0.2) is 12.6 Å². The Bertz CT molecular complexity index is 583. The highest BCUT2D eigenvalue weighted by atomic mass is 32.1. The summed E-state index contributed by atoms with van der Waals surface area (Å²) in [6.07, 6.45) is 3.90. The molecule has 1 aliphatic heterocycles. The first-order valence-electron chi connectivity index (χ1n) is 7.51. The van der Waals surface area contributed by atoms with E-state index in [1.54, 1.807) is 4.88 Å². The van der Waals surface area contributed by atoms with Crippen molar-refractivity contribution in [3.63, 3.8) is 0 Å². The highest BCUT2D eigenvalue weighted by Crippen LogP contribution is 2.28. The van der Waals surface area contributed by atoms with Crippen LogP contribution in [0.15, 0.2) is 35.7 Å². The molecule has 0 spiro atoms. The van der Waals surface area contributed by atoms with Crippen LogP contribution < -0.4 is 10.2 Å². The molecule has 2 nitrogen and oxygen atoms in total. The van der Waals surface area contributed by atoms with Crippen LogP contribution in [0.1, 0.15) is 28.8 Å². The molecule has 0 amide bonds. The second kappa shape index (κ2) is 5.23. The van der Waals surface area contributed by atoms with Gasteiger partial charge in [-0.2, -0.15) is 0 Å². The maximum absolute atomic E-state index is 3.57. The van der Waals surface area contributed by atoms with Crippen molar-refractivity contribution < 1.29 is 0 Å². The largest absolute Gasteiger partial charge is 0.367 e. The quantitative estimate of drug-likeness (QED) is 0.923. The van der Waals surface area contributed by atoms with Crippen molar-refractivity contribution in [2.75, 3.05) is 11.4 Å². The highest BCUT2D eigenvalue weighted by Gasteiger charge is 2.20. The molecule has 0 bridgehead atoms. The fourth-order valence-corrected chi connectivity index (χ4v) is 3.73. The molecule has 4 rings (SSSR count). The predicted octanol–water partition coefficient (Wildman–Crippen LogP) is 3.56. The van der Waals surface area contributed by atoms with E-state index in [9.17, 15) is 0 Å². The maximum Gasteiger partial charge on any atom is 0.0440 e. The molecule has 1 saturated carbocycles. The minimum atomic E-state index is 0.786. The monoisotopic (exact) mass is 284 g/mol. The van der Waals surface area contributed by atoms with E-state index < -0.39 is 0 Å². The number of hydrogen-bond donors (Lipinski definition) is 1. The lowest BCUT2D eigenvalue weighted by Crippen LogP contribution is -2.29. The molecule has 1 aliphatic carbocycles. The number of nitrogens with zero attached hydrogens (tertiary/aromatic N) is 1. The molecule has 2 heterocycles. The number of anilines is 1. The Kier molecular flexibility index (Phi) is 3.25. The average molecular weight is 284 g/mol. The van der Waals surface area contributed by atoms with Gasteiger partial charge in [-0.15, -0.1) is 11.3 Å². The molecule has 1 aromatic heterocycles. The molecule has 2 aromatic rings. The van der Waals surface area contributed by atoms with Crippen molar-refractivity contribution >= 4 is 17.0 Å². The third kappa shape index (κ3) is 2.60. The van der Waals surface area contributed by atoms with E-state index in [2.05, 4.69) is 45.9 Å². The van der Waals surface area contributed by atoms with Crippen LogP contribution in [0.2, 0.25) is 0 Å². The summed E-state index contributed by atoms with van der Waals surface area (Å²) in [6, 6.07) is 12.2. The Morgan fingerprint density at radius 3 is 2.80 bits per heavy atom. The van der Waals surface area contributed by atoms with Crippen molar-refractivity contribution in [1.29, 1.82) is 0 Å².